The zero-order valence-electron chi connectivity index (χ0n) is 11.7. The summed E-state index contributed by atoms with van der Waals surface area (Å²) < 4.78 is 1.77. The summed E-state index contributed by atoms with van der Waals surface area (Å²) in [6.07, 6.45) is 6.68. The molecule has 3 aromatic rings. The van der Waals surface area contributed by atoms with Gasteiger partial charge in [-0.15, -0.1) is 5.48 Å². The summed E-state index contributed by atoms with van der Waals surface area (Å²) in [6, 6.07) is 13.0. The van der Waals surface area contributed by atoms with Gasteiger partial charge in [-0.2, -0.15) is 5.10 Å². The topological polar surface area (TPSA) is 69.0 Å². The van der Waals surface area contributed by atoms with Gasteiger partial charge in [-0.25, -0.2) is 9.48 Å². The average Bonchev–Trinajstić information content (AvgIpc) is 3.05. The summed E-state index contributed by atoms with van der Waals surface area (Å²) in [6.45, 7) is 0.379. The van der Waals surface area contributed by atoms with Crippen molar-refractivity contribution >= 4 is 5.97 Å². The second-order valence-corrected chi connectivity index (χ2v) is 4.58. The Morgan fingerprint density at radius 1 is 1.14 bits per heavy atom. The van der Waals surface area contributed by atoms with E-state index in [4.69, 9.17) is 4.84 Å². The molecule has 0 saturated carbocycles. The van der Waals surface area contributed by atoms with E-state index in [-0.39, 0.29) is 0 Å². The number of aromatic nitrogens is 3. The largest absolute Gasteiger partial charge is 0.366 e. The summed E-state index contributed by atoms with van der Waals surface area (Å²) >= 11 is 0. The molecule has 0 aliphatic carbocycles. The van der Waals surface area contributed by atoms with Crippen LogP contribution in [-0.2, 0) is 11.4 Å². The molecule has 0 saturated heterocycles. The smallest absolute Gasteiger partial charge is 0.356 e. The lowest BCUT2D eigenvalue weighted by Gasteiger charge is -2.04. The summed E-state index contributed by atoms with van der Waals surface area (Å²) in [5, 5.41) is 4.27. The number of carbonyl (C=O) groups is 1. The number of pyridine rings is 1. The van der Waals surface area contributed by atoms with Gasteiger partial charge >= 0.3 is 5.97 Å². The van der Waals surface area contributed by atoms with Crippen LogP contribution in [0.15, 0.2) is 67.3 Å². The molecule has 6 nitrogen and oxygen atoms in total. The Kier molecular flexibility index (Phi) is 4.22. The standard InChI is InChI=1S/C16H14N4O2/c21-16(14-6-8-17-9-7-14)22-19-11-13-10-18-20(12-13)15-4-2-1-3-5-15/h1-10,12,19H,11H2. The summed E-state index contributed by atoms with van der Waals surface area (Å²) in [5.74, 6) is -0.446. The molecule has 3 rings (SSSR count). The number of rotatable bonds is 5. The van der Waals surface area contributed by atoms with Crippen molar-refractivity contribution in [3.05, 3.63) is 78.4 Å². The van der Waals surface area contributed by atoms with Crippen LogP contribution < -0.4 is 5.48 Å². The Labute approximate surface area is 127 Å². The molecule has 0 aliphatic heterocycles. The van der Waals surface area contributed by atoms with E-state index in [2.05, 4.69) is 15.6 Å². The lowest BCUT2D eigenvalue weighted by atomic mass is 10.3. The maximum Gasteiger partial charge on any atom is 0.356 e. The van der Waals surface area contributed by atoms with Gasteiger partial charge in [-0.1, -0.05) is 18.2 Å². The molecule has 0 atom stereocenters. The normalized spacial score (nSPS) is 10.4. The van der Waals surface area contributed by atoms with Crippen molar-refractivity contribution in [3.8, 4) is 5.69 Å². The molecule has 110 valence electrons. The number of para-hydroxylation sites is 1. The third-order valence-electron chi connectivity index (χ3n) is 3.01. The minimum atomic E-state index is -0.446. The van der Waals surface area contributed by atoms with E-state index in [0.29, 0.717) is 12.1 Å². The fourth-order valence-electron chi connectivity index (χ4n) is 1.91. The lowest BCUT2D eigenvalue weighted by Crippen LogP contribution is -2.19. The number of carbonyl (C=O) groups excluding carboxylic acids is 1. The van der Waals surface area contributed by atoms with Gasteiger partial charge in [0.15, 0.2) is 0 Å². The van der Waals surface area contributed by atoms with Crippen molar-refractivity contribution in [2.75, 3.05) is 0 Å². The number of benzene rings is 1. The van der Waals surface area contributed by atoms with Crippen LogP contribution >= 0.6 is 0 Å². The van der Waals surface area contributed by atoms with Gasteiger partial charge in [-0.3, -0.25) is 4.98 Å². The highest BCUT2D eigenvalue weighted by molar-refractivity contribution is 5.88. The SMILES string of the molecule is O=C(ONCc1cnn(-c2ccccc2)c1)c1ccncc1. The van der Waals surface area contributed by atoms with Crippen LogP contribution in [0.1, 0.15) is 15.9 Å². The summed E-state index contributed by atoms with van der Waals surface area (Å²) in [5.41, 5.74) is 4.97. The Balaban J connectivity index is 1.55. The van der Waals surface area contributed by atoms with Gasteiger partial charge < -0.3 is 4.84 Å². The molecule has 0 amide bonds. The third kappa shape index (κ3) is 3.36. The van der Waals surface area contributed by atoms with Crippen LogP contribution in [0.4, 0.5) is 0 Å². The molecule has 0 bridgehead atoms. The highest BCUT2D eigenvalue weighted by atomic mass is 16.7. The quantitative estimate of drug-likeness (QED) is 0.730. The first-order valence-corrected chi connectivity index (χ1v) is 6.76. The monoisotopic (exact) mass is 294 g/mol. The van der Waals surface area contributed by atoms with Crippen molar-refractivity contribution in [1.29, 1.82) is 0 Å². The minimum absolute atomic E-state index is 0.379. The fraction of sp³-hybridized carbons (Fsp3) is 0.0625. The molecule has 2 heterocycles. The van der Waals surface area contributed by atoms with Gasteiger partial charge in [0.1, 0.15) is 0 Å². The molecule has 1 N–H and O–H groups in total. The van der Waals surface area contributed by atoms with E-state index >= 15 is 0 Å². The zero-order valence-corrected chi connectivity index (χ0v) is 11.7. The number of hydroxylamine groups is 1. The Bertz CT molecular complexity index is 741. The van der Waals surface area contributed by atoms with Crippen molar-refractivity contribution in [2.24, 2.45) is 0 Å². The van der Waals surface area contributed by atoms with E-state index in [1.165, 1.54) is 0 Å². The van der Waals surface area contributed by atoms with Gasteiger partial charge in [-0.05, 0) is 24.3 Å². The molecule has 0 unspecified atom stereocenters. The van der Waals surface area contributed by atoms with Crippen molar-refractivity contribution < 1.29 is 9.63 Å². The maximum absolute atomic E-state index is 11.7. The Morgan fingerprint density at radius 2 is 1.91 bits per heavy atom. The Hall–Kier alpha value is -2.99. The lowest BCUT2D eigenvalue weighted by molar-refractivity contribution is 0.0237. The maximum atomic E-state index is 11.7. The molecule has 0 spiro atoms. The van der Waals surface area contributed by atoms with E-state index in [9.17, 15) is 4.79 Å². The molecule has 1 aromatic carbocycles. The predicted octanol–water partition coefficient (Wildman–Crippen LogP) is 2.13. The van der Waals surface area contributed by atoms with Crippen LogP contribution in [0.2, 0.25) is 0 Å². The summed E-state index contributed by atoms with van der Waals surface area (Å²) in [7, 11) is 0. The van der Waals surface area contributed by atoms with E-state index in [1.807, 2.05) is 36.5 Å². The Morgan fingerprint density at radius 3 is 2.68 bits per heavy atom. The third-order valence-corrected chi connectivity index (χ3v) is 3.01. The first kappa shape index (κ1) is 14.0. The van der Waals surface area contributed by atoms with Gasteiger partial charge in [0, 0.05) is 24.2 Å². The number of hydrogen-bond acceptors (Lipinski definition) is 5. The molecule has 6 heteroatoms. The fourth-order valence-corrected chi connectivity index (χ4v) is 1.91. The molecular formula is C16H14N4O2. The second-order valence-electron chi connectivity index (χ2n) is 4.58. The predicted molar refractivity (Wildman–Crippen MR) is 80.1 cm³/mol. The van der Waals surface area contributed by atoms with Gasteiger partial charge in [0.05, 0.1) is 24.0 Å². The first-order chi connectivity index (χ1) is 10.8. The minimum Gasteiger partial charge on any atom is -0.366 e. The number of nitrogens with zero attached hydrogens (tertiary/aromatic N) is 3. The second kappa shape index (κ2) is 6.64. The van der Waals surface area contributed by atoms with Crippen molar-refractivity contribution in [3.63, 3.8) is 0 Å². The van der Waals surface area contributed by atoms with Crippen LogP contribution in [0.25, 0.3) is 5.69 Å². The molecule has 0 aliphatic rings. The van der Waals surface area contributed by atoms with Crippen LogP contribution in [0.5, 0.6) is 0 Å². The van der Waals surface area contributed by atoms with Crippen LogP contribution in [-0.4, -0.2) is 20.7 Å². The van der Waals surface area contributed by atoms with Crippen molar-refractivity contribution in [2.45, 2.75) is 6.54 Å². The number of hydrogen-bond donors (Lipinski definition) is 1. The average molecular weight is 294 g/mol. The zero-order chi connectivity index (χ0) is 15.2. The van der Waals surface area contributed by atoms with Crippen LogP contribution in [0, 0.1) is 0 Å². The van der Waals surface area contributed by atoms with E-state index < -0.39 is 5.97 Å². The first-order valence-electron chi connectivity index (χ1n) is 6.76. The molecule has 0 fully saturated rings. The summed E-state index contributed by atoms with van der Waals surface area (Å²) in [4.78, 5) is 20.6. The van der Waals surface area contributed by atoms with E-state index in [0.717, 1.165) is 11.3 Å². The molecular weight excluding hydrogens is 280 g/mol. The van der Waals surface area contributed by atoms with Gasteiger partial charge in [0.25, 0.3) is 0 Å². The van der Waals surface area contributed by atoms with Crippen LogP contribution in [0.3, 0.4) is 0 Å². The molecule has 0 radical (unpaired) electrons. The highest BCUT2D eigenvalue weighted by Gasteiger charge is 2.07. The van der Waals surface area contributed by atoms with Gasteiger partial charge in [0.2, 0.25) is 0 Å². The molecule has 22 heavy (non-hydrogen) atoms. The number of nitrogens with one attached hydrogen (secondary N) is 1. The van der Waals surface area contributed by atoms with E-state index in [1.54, 1.807) is 35.4 Å². The highest BCUT2D eigenvalue weighted by Crippen LogP contribution is 2.07. The van der Waals surface area contributed by atoms with Crippen molar-refractivity contribution in [1.82, 2.24) is 20.2 Å². The molecule has 2 aromatic heterocycles.